The van der Waals surface area contributed by atoms with Crippen LogP contribution in [0.5, 0.6) is 5.75 Å². The van der Waals surface area contributed by atoms with Gasteiger partial charge in [0, 0.05) is 47.8 Å². The van der Waals surface area contributed by atoms with Gasteiger partial charge in [-0.1, -0.05) is 41.5 Å². The zero-order chi connectivity index (χ0) is 23.4. The Bertz CT molecular complexity index is 848. The van der Waals surface area contributed by atoms with Crippen LogP contribution in [-0.2, 0) is 10.8 Å². The van der Waals surface area contributed by atoms with Crippen LogP contribution >= 0.6 is 0 Å². The first-order valence-corrected chi connectivity index (χ1v) is 10.7. The quantitative estimate of drug-likeness (QED) is 0.295. The Hall–Kier alpha value is -2.73. The number of rotatable bonds is 7. The summed E-state index contributed by atoms with van der Waals surface area (Å²) in [6.07, 6.45) is 7.49. The normalized spacial score (nSPS) is 14.2. The minimum atomic E-state index is -0.300. The Labute approximate surface area is 185 Å². The SMILES string of the molecule is CC(C)(C)c1cc(C(=O)CN2C=CC(=C(O)NCCCO)C=C2)cc(C(C)(C)C)c1O. The van der Waals surface area contributed by atoms with Gasteiger partial charge in [-0.3, -0.25) is 4.79 Å². The molecule has 2 rings (SSSR count). The lowest BCUT2D eigenvalue weighted by Crippen LogP contribution is -2.24. The van der Waals surface area contributed by atoms with E-state index >= 15 is 0 Å². The minimum absolute atomic E-state index is 0.0371. The highest BCUT2D eigenvalue weighted by Crippen LogP contribution is 2.39. The summed E-state index contributed by atoms with van der Waals surface area (Å²) in [4.78, 5) is 14.8. The lowest BCUT2D eigenvalue weighted by atomic mass is 9.78. The van der Waals surface area contributed by atoms with Gasteiger partial charge in [-0.25, -0.2) is 0 Å². The van der Waals surface area contributed by atoms with Crippen LogP contribution in [0.25, 0.3) is 0 Å². The number of aromatic hydroxyl groups is 1. The van der Waals surface area contributed by atoms with E-state index in [1.165, 1.54) is 0 Å². The summed E-state index contributed by atoms with van der Waals surface area (Å²) in [6, 6.07) is 3.60. The zero-order valence-corrected chi connectivity index (χ0v) is 19.5. The first kappa shape index (κ1) is 24.5. The van der Waals surface area contributed by atoms with Crippen molar-refractivity contribution < 1.29 is 20.1 Å². The zero-order valence-electron chi connectivity index (χ0n) is 19.5. The van der Waals surface area contributed by atoms with Gasteiger partial charge in [-0.05, 0) is 41.5 Å². The van der Waals surface area contributed by atoms with Gasteiger partial charge in [-0.15, -0.1) is 0 Å². The molecule has 0 atom stereocenters. The molecule has 0 unspecified atom stereocenters. The van der Waals surface area contributed by atoms with E-state index < -0.39 is 0 Å². The Kier molecular flexibility index (Phi) is 7.60. The number of hydrogen-bond donors (Lipinski definition) is 4. The third kappa shape index (κ3) is 6.37. The monoisotopic (exact) mass is 428 g/mol. The second kappa shape index (κ2) is 9.60. The molecule has 0 aromatic heterocycles. The van der Waals surface area contributed by atoms with Gasteiger partial charge in [0.25, 0.3) is 0 Å². The minimum Gasteiger partial charge on any atom is -0.507 e. The van der Waals surface area contributed by atoms with E-state index in [1.807, 2.05) is 41.5 Å². The lowest BCUT2D eigenvalue weighted by Gasteiger charge is -2.28. The molecule has 0 saturated carbocycles. The van der Waals surface area contributed by atoms with E-state index in [0.29, 0.717) is 24.1 Å². The maximum atomic E-state index is 13.1. The molecule has 0 spiro atoms. The summed E-state index contributed by atoms with van der Waals surface area (Å²) in [6.45, 7) is 12.8. The number of nitrogens with zero attached hydrogens (tertiary/aromatic N) is 1. The van der Waals surface area contributed by atoms with E-state index in [9.17, 15) is 15.0 Å². The van der Waals surface area contributed by atoms with Crippen molar-refractivity contribution in [1.29, 1.82) is 0 Å². The Morgan fingerprint density at radius 1 is 1.00 bits per heavy atom. The average Bonchev–Trinajstić information content (AvgIpc) is 2.67. The molecule has 4 N–H and O–H groups in total. The fraction of sp³-hybridized carbons (Fsp3) is 0.480. The van der Waals surface area contributed by atoms with Gasteiger partial charge >= 0.3 is 0 Å². The molecule has 0 aliphatic carbocycles. The Balaban J connectivity index is 2.23. The van der Waals surface area contributed by atoms with Crippen LogP contribution < -0.4 is 5.32 Å². The summed E-state index contributed by atoms with van der Waals surface area (Å²) < 4.78 is 0. The molecule has 1 aromatic carbocycles. The molecule has 1 aliphatic heterocycles. The van der Waals surface area contributed by atoms with Crippen LogP contribution in [-0.4, -0.2) is 45.7 Å². The largest absolute Gasteiger partial charge is 0.507 e. The molecule has 0 saturated heterocycles. The molecule has 1 aliphatic rings. The number of ketones is 1. The first-order chi connectivity index (χ1) is 14.3. The van der Waals surface area contributed by atoms with Crippen molar-refractivity contribution in [2.45, 2.75) is 58.8 Å². The number of benzene rings is 1. The number of carbonyl (C=O) groups excluding carboxylic acids is 1. The number of nitrogens with one attached hydrogen (secondary N) is 1. The van der Waals surface area contributed by atoms with Gasteiger partial charge in [0.1, 0.15) is 5.75 Å². The number of hydrogen-bond acceptors (Lipinski definition) is 6. The molecular weight excluding hydrogens is 392 g/mol. The van der Waals surface area contributed by atoms with Crippen LogP contribution in [0, 0.1) is 0 Å². The second-order valence-corrected chi connectivity index (χ2v) is 9.95. The van der Waals surface area contributed by atoms with Gasteiger partial charge in [0.05, 0.1) is 6.54 Å². The summed E-state index contributed by atoms with van der Waals surface area (Å²) in [5.41, 5.74) is 2.10. The van der Waals surface area contributed by atoms with Crippen molar-refractivity contribution in [3.05, 3.63) is 64.8 Å². The number of phenolic OH excluding ortho intramolecular Hbond substituents is 1. The molecule has 6 heteroatoms. The number of phenols is 1. The molecule has 170 valence electrons. The van der Waals surface area contributed by atoms with Crippen molar-refractivity contribution in [3.8, 4) is 5.75 Å². The number of carbonyl (C=O) groups is 1. The predicted molar refractivity (Wildman–Crippen MR) is 124 cm³/mol. The average molecular weight is 429 g/mol. The predicted octanol–water partition coefficient (Wildman–Crippen LogP) is 4.25. The van der Waals surface area contributed by atoms with E-state index in [4.69, 9.17) is 5.11 Å². The maximum absolute atomic E-state index is 13.1. The fourth-order valence-electron chi connectivity index (χ4n) is 3.30. The molecule has 1 heterocycles. The summed E-state index contributed by atoms with van der Waals surface area (Å²) >= 11 is 0. The lowest BCUT2D eigenvalue weighted by molar-refractivity contribution is 0.0969. The van der Waals surface area contributed by atoms with Crippen LogP contribution in [0.1, 0.15) is 69.4 Å². The molecule has 31 heavy (non-hydrogen) atoms. The molecule has 0 fully saturated rings. The van der Waals surface area contributed by atoms with Crippen LogP contribution in [0.4, 0.5) is 0 Å². The van der Waals surface area contributed by atoms with E-state index in [2.05, 4.69) is 5.32 Å². The van der Waals surface area contributed by atoms with E-state index in [-0.39, 0.29) is 41.4 Å². The van der Waals surface area contributed by atoms with E-state index in [1.54, 1.807) is 41.6 Å². The Morgan fingerprint density at radius 2 is 1.52 bits per heavy atom. The smallest absolute Gasteiger partial charge is 0.191 e. The van der Waals surface area contributed by atoms with Gasteiger partial charge in [0.15, 0.2) is 11.7 Å². The number of aliphatic hydroxyl groups is 2. The van der Waals surface area contributed by atoms with Crippen molar-refractivity contribution in [2.75, 3.05) is 19.7 Å². The van der Waals surface area contributed by atoms with Crippen LogP contribution in [0.3, 0.4) is 0 Å². The maximum Gasteiger partial charge on any atom is 0.191 e. The van der Waals surface area contributed by atoms with Gasteiger partial charge in [-0.2, -0.15) is 0 Å². The van der Waals surface area contributed by atoms with Crippen molar-refractivity contribution in [3.63, 3.8) is 0 Å². The fourth-order valence-corrected chi connectivity index (χ4v) is 3.30. The summed E-state index contributed by atoms with van der Waals surface area (Å²) in [5, 5.41) is 32.6. The number of allylic oxidation sites excluding steroid dienone is 3. The molecular formula is C25H36N2O4. The standard InChI is InChI=1S/C25H36N2O4/c1-24(2,3)19-14-18(15-20(22(19)30)25(4,5)6)21(29)16-27-11-8-17(9-12-27)23(31)26-10-7-13-28/h8-9,11-12,14-15,26,28,30-31H,7,10,13,16H2,1-6H3. The summed E-state index contributed by atoms with van der Waals surface area (Å²) in [5.74, 6) is 0.242. The highest BCUT2D eigenvalue weighted by Gasteiger charge is 2.28. The van der Waals surface area contributed by atoms with Crippen LogP contribution in [0.2, 0.25) is 0 Å². The van der Waals surface area contributed by atoms with Crippen molar-refractivity contribution in [2.24, 2.45) is 0 Å². The van der Waals surface area contributed by atoms with Gasteiger partial charge in [0.2, 0.25) is 0 Å². The number of Topliss-reactive ketones (excluding diaryl/α,β-unsaturated/α-hetero) is 1. The Morgan fingerprint density at radius 3 is 1.97 bits per heavy atom. The first-order valence-electron chi connectivity index (χ1n) is 10.7. The third-order valence-corrected chi connectivity index (χ3v) is 5.17. The second-order valence-electron chi connectivity index (χ2n) is 9.95. The van der Waals surface area contributed by atoms with Crippen molar-refractivity contribution in [1.82, 2.24) is 10.2 Å². The topological polar surface area (TPSA) is 93.0 Å². The molecule has 1 aromatic rings. The number of aliphatic hydroxyl groups excluding tert-OH is 2. The van der Waals surface area contributed by atoms with Crippen molar-refractivity contribution >= 4 is 5.78 Å². The van der Waals surface area contributed by atoms with E-state index in [0.717, 1.165) is 11.1 Å². The van der Waals surface area contributed by atoms with Gasteiger partial charge < -0.3 is 25.5 Å². The third-order valence-electron chi connectivity index (χ3n) is 5.17. The highest BCUT2D eigenvalue weighted by atomic mass is 16.3. The highest BCUT2D eigenvalue weighted by molar-refractivity contribution is 5.98. The summed E-state index contributed by atoms with van der Waals surface area (Å²) in [7, 11) is 0. The molecule has 0 radical (unpaired) electrons. The molecule has 6 nitrogen and oxygen atoms in total. The molecule has 0 amide bonds. The van der Waals surface area contributed by atoms with Crippen LogP contribution in [0.15, 0.2) is 48.1 Å². The molecule has 0 bridgehead atoms.